The van der Waals surface area contributed by atoms with E-state index in [0.29, 0.717) is 18.4 Å². The fourth-order valence-corrected chi connectivity index (χ4v) is 1.99. The van der Waals surface area contributed by atoms with Gasteiger partial charge in [-0.15, -0.1) is 0 Å². The molecule has 0 aromatic heterocycles. The molecule has 1 aliphatic heterocycles. The SMILES string of the molecule is CCOc1cc([C@H]2CCCN2)ccc1O. The van der Waals surface area contributed by atoms with Crippen LogP contribution in [-0.4, -0.2) is 18.3 Å². The van der Waals surface area contributed by atoms with Crippen LogP contribution in [0.3, 0.4) is 0 Å². The Hall–Kier alpha value is -1.22. The van der Waals surface area contributed by atoms with Gasteiger partial charge in [0.1, 0.15) is 0 Å². The Morgan fingerprint density at radius 1 is 1.53 bits per heavy atom. The van der Waals surface area contributed by atoms with Gasteiger partial charge in [0.2, 0.25) is 0 Å². The Kier molecular flexibility index (Phi) is 3.11. The van der Waals surface area contributed by atoms with Crippen molar-refractivity contribution in [3.8, 4) is 11.5 Å². The van der Waals surface area contributed by atoms with Gasteiger partial charge < -0.3 is 15.2 Å². The quantitative estimate of drug-likeness (QED) is 0.798. The van der Waals surface area contributed by atoms with E-state index in [1.165, 1.54) is 12.0 Å². The third kappa shape index (κ3) is 2.23. The first kappa shape index (κ1) is 10.3. The maximum atomic E-state index is 9.56. The summed E-state index contributed by atoms with van der Waals surface area (Å²) in [6, 6.07) is 6.02. The van der Waals surface area contributed by atoms with E-state index >= 15 is 0 Å². The van der Waals surface area contributed by atoms with Crippen molar-refractivity contribution in [1.82, 2.24) is 5.32 Å². The van der Waals surface area contributed by atoms with E-state index in [2.05, 4.69) is 5.32 Å². The van der Waals surface area contributed by atoms with Crippen molar-refractivity contribution in [2.24, 2.45) is 0 Å². The summed E-state index contributed by atoms with van der Waals surface area (Å²) < 4.78 is 5.36. The highest BCUT2D eigenvalue weighted by atomic mass is 16.5. The third-order valence-corrected chi connectivity index (χ3v) is 2.75. The number of aromatic hydroxyl groups is 1. The highest BCUT2D eigenvalue weighted by Crippen LogP contribution is 2.31. The van der Waals surface area contributed by atoms with Gasteiger partial charge >= 0.3 is 0 Å². The number of ether oxygens (including phenoxy) is 1. The first-order valence-corrected chi connectivity index (χ1v) is 5.50. The number of hydrogen-bond donors (Lipinski definition) is 2. The Morgan fingerprint density at radius 3 is 3.07 bits per heavy atom. The van der Waals surface area contributed by atoms with Crippen molar-refractivity contribution in [1.29, 1.82) is 0 Å². The van der Waals surface area contributed by atoms with Crippen molar-refractivity contribution in [3.05, 3.63) is 23.8 Å². The molecule has 0 aliphatic carbocycles. The second-order valence-corrected chi connectivity index (χ2v) is 3.81. The standard InChI is InChI=1S/C12H17NO2/c1-2-15-12-8-9(5-6-11(12)14)10-4-3-7-13-10/h5-6,8,10,13-14H,2-4,7H2,1H3/t10-/m1/s1. The Bertz CT molecular complexity index is 332. The molecule has 2 rings (SSSR count). The van der Waals surface area contributed by atoms with Gasteiger partial charge in [0.15, 0.2) is 11.5 Å². The molecule has 1 aromatic rings. The van der Waals surface area contributed by atoms with Crippen LogP contribution >= 0.6 is 0 Å². The Balaban J connectivity index is 2.21. The molecule has 1 saturated heterocycles. The summed E-state index contributed by atoms with van der Waals surface area (Å²) in [7, 11) is 0. The third-order valence-electron chi connectivity index (χ3n) is 2.75. The van der Waals surface area contributed by atoms with Gasteiger partial charge in [-0.25, -0.2) is 0 Å². The van der Waals surface area contributed by atoms with Gasteiger partial charge in [0.25, 0.3) is 0 Å². The van der Waals surface area contributed by atoms with Gasteiger partial charge in [0.05, 0.1) is 6.61 Å². The van der Waals surface area contributed by atoms with Crippen molar-refractivity contribution in [3.63, 3.8) is 0 Å². The molecule has 0 radical (unpaired) electrons. The second kappa shape index (κ2) is 4.53. The summed E-state index contributed by atoms with van der Waals surface area (Å²) in [6.45, 7) is 3.57. The zero-order valence-corrected chi connectivity index (χ0v) is 8.99. The van der Waals surface area contributed by atoms with Crippen molar-refractivity contribution >= 4 is 0 Å². The molecule has 0 spiro atoms. The Morgan fingerprint density at radius 2 is 2.40 bits per heavy atom. The summed E-state index contributed by atoms with van der Waals surface area (Å²) in [4.78, 5) is 0. The van der Waals surface area contributed by atoms with Gasteiger partial charge in [-0.2, -0.15) is 0 Å². The van der Waals surface area contributed by atoms with Crippen LogP contribution < -0.4 is 10.1 Å². The monoisotopic (exact) mass is 207 g/mol. The van der Waals surface area contributed by atoms with Gasteiger partial charge in [-0.3, -0.25) is 0 Å². The highest BCUT2D eigenvalue weighted by molar-refractivity contribution is 5.42. The summed E-state index contributed by atoms with van der Waals surface area (Å²) in [5, 5.41) is 13.0. The summed E-state index contributed by atoms with van der Waals surface area (Å²) >= 11 is 0. The van der Waals surface area contributed by atoms with Crippen LogP contribution in [0.25, 0.3) is 0 Å². The predicted octanol–water partition coefficient (Wildman–Crippen LogP) is 2.22. The predicted molar refractivity (Wildman–Crippen MR) is 59.3 cm³/mol. The maximum absolute atomic E-state index is 9.56. The van der Waals surface area contributed by atoms with E-state index in [9.17, 15) is 5.11 Å². The number of phenols is 1. The lowest BCUT2D eigenvalue weighted by Gasteiger charge is -2.13. The van der Waals surface area contributed by atoms with Crippen LogP contribution in [0, 0.1) is 0 Å². The zero-order valence-electron chi connectivity index (χ0n) is 8.99. The van der Waals surface area contributed by atoms with Gasteiger partial charge in [0, 0.05) is 6.04 Å². The molecule has 1 heterocycles. The van der Waals surface area contributed by atoms with E-state index in [1.54, 1.807) is 6.07 Å². The normalized spacial score (nSPS) is 20.5. The van der Waals surface area contributed by atoms with Crippen LogP contribution in [0.15, 0.2) is 18.2 Å². The molecule has 0 saturated carbocycles. The van der Waals surface area contributed by atoms with Crippen LogP contribution in [0.4, 0.5) is 0 Å². The molecular weight excluding hydrogens is 190 g/mol. The number of hydrogen-bond acceptors (Lipinski definition) is 3. The minimum absolute atomic E-state index is 0.221. The van der Waals surface area contributed by atoms with Crippen LogP contribution in [0.5, 0.6) is 11.5 Å². The molecule has 1 fully saturated rings. The minimum atomic E-state index is 0.221. The van der Waals surface area contributed by atoms with E-state index < -0.39 is 0 Å². The summed E-state index contributed by atoms with van der Waals surface area (Å²) in [5.74, 6) is 0.808. The molecule has 0 bridgehead atoms. The molecule has 1 aliphatic rings. The summed E-state index contributed by atoms with van der Waals surface area (Å²) in [6.07, 6.45) is 2.38. The van der Waals surface area contributed by atoms with Crippen LogP contribution in [0.2, 0.25) is 0 Å². The van der Waals surface area contributed by atoms with Crippen LogP contribution in [0.1, 0.15) is 31.4 Å². The minimum Gasteiger partial charge on any atom is -0.504 e. The van der Waals surface area contributed by atoms with Crippen LogP contribution in [-0.2, 0) is 0 Å². The van der Waals surface area contributed by atoms with Crippen molar-refractivity contribution in [2.75, 3.05) is 13.2 Å². The van der Waals surface area contributed by atoms with Crippen molar-refractivity contribution < 1.29 is 9.84 Å². The molecule has 0 amide bonds. The van der Waals surface area contributed by atoms with Gasteiger partial charge in [-0.1, -0.05) is 6.07 Å². The lowest BCUT2D eigenvalue weighted by atomic mass is 10.0. The molecule has 2 N–H and O–H groups in total. The molecular formula is C12H17NO2. The number of phenolic OH excluding ortho intramolecular Hbond substituents is 1. The summed E-state index contributed by atoms with van der Waals surface area (Å²) in [5.41, 5.74) is 1.20. The van der Waals surface area contributed by atoms with E-state index in [-0.39, 0.29) is 5.75 Å². The number of benzene rings is 1. The van der Waals surface area contributed by atoms with E-state index in [1.807, 2.05) is 19.1 Å². The lowest BCUT2D eigenvalue weighted by molar-refractivity contribution is 0.317. The van der Waals surface area contributed by atoms with Gasteiger partial charge in [-0.05, 0) is 44.0 Å². The average Bonchev–Trinajstić information content (AvgIpc) is 2.75. The molecule has 3 nitrogen and oxygen atoms in total. The molecule has 3 heteroatoms. The van der Waals surface area contributed by atoms with Crippen molar-refractivity contribution in [2.45, 2.75) is 25.8 Å². The smallest absolute Gasteiger partial charge is 0.161 e. The fourth-order valence-electron chi connectivity index (χ4n) is 1.99. The first-order valence-electron chi connectivity index (χ1n) is 5.50. The van der Waals surface area contributed by atoms with E-state index in [4.69, 9.17) is 4.74 Å². The lowest BCUT2D eigenvalue weighted by Crippen LogP contribution is -2.12. The topological polar surface area (TPSA) is 41.5 Å². The molecule has 0 unspecified atom stereocenters. The zero-order chi connectivity index (χ0) is 10.7. The molecule has 82 valence electrons. The Labute approximate surface area is 90.1 Å². The highest BCUT2D eigenvalue weighted by Gasteiger charge is 2.17. The number of nitrogens with one attached hydrogen (secondary N) is 1. The largest absolute Gasteiger partial charge is 0.504 e. The second-order valence-electron chi connectivity index (χ2n) is 3.81. The molecule has 15 heavy (non-hydrogen) atoms. The molecule has 1 aromatic carbocycles. The average molecular weight is 207 g/mol. The maximum Gasteiger partial charge on any atom is 0.161 e. The first-order chi connectivity index (χ1) is 7.31. The number of rotatable bonds is 3. The molecule has 1 atom stereocenters. The van der Waals surface area contributed by atoms with E-state index in [0.717, 1.165) is 13.0 Å². The fraction of sp³-hybridized carbons (Fsp3) is 0.500.